The molecule has 5 N–H and O–H groups in total. The Morgan fingerprint density at radius 2 is 2.00 bits per heavy atom. The minimum absolute atomic E-state index is 0.0789. The number of nitrogens with two attached hydrogens (primary N) is 2. The van der Waals surface area contributed by atoms with Gasteiger partial charge in [0.15, 0.2) is 0 Å². The quantitative estimate of drug-likeness (QED) is 0.585. The molecule has 0 radical (unpaired) electrons. The molecule has 0 amide bonds. The number of piperidine rings is 1. The average Bonchev–Trinajstić information content (AvgIpc) is 2.18. The molecule has 1 fully saturated rings. The Balaban J connectivity index is 2.33. The maximum Gasteiger partial charge on any atom is 0.320 e. The van der Waals surface area contributed by atoms with E-state index in [1.54, 1.807) is 0 Å². The lowest BCUT2D eigenvalue weighted by Crippen LogP contribution is -2.44. The van der Waals surface area contributed by atoms with Crippen LogP contribution in [0.1, 0.15) is 19.3 Å². The second-order valence-electron chi connectivity index (χ2n) is 4.48. The standard InChI is InChI=1S/C10H21N3O2/c1-13-4-2-7(3-5-13)8(11)6-9(12)10(14)15/h7-9H,2-6,11-12H2,1H3,(H,14,15). The molecule has 0 aromatic carbocycles. The van der Waals surface area contributed by atoms with E-state index < -0.39 is 12.0 Å². The van der Waals surface area contributed by atoms with Crippen molar-refractivity contribution in [2.75, 3.05) is 20.1 Å². The summed E-state index contributed by atoms with van der Waals surface area (Å²) >= 11 is 0. The topological polar surface area (TPSA) is 92.6 Å². The number of carbonyl (C=O) groups is 1. The first-order chi connectivity index (χ1) is 7.00. The van der Waals surface area contributed by atoms with Crippen molar-refractivity contribution < 1.29 is 9.90 Å². The van der Waals surface area contributed by atoms with Crippen LogP contribution in [0.15, 0.2) is 0 Å². The van der Waals surface area contributed by atoms with Crippen LogP contribution in [0.25, 0.3) is 0 Å². The Bertz CT molecular complexity index is 215. The van der Waals surface area contributed by atoms with E-state index in [4.69, 9.17) is 16.6 Å². The maximum absolute atomic E-state index is 10.6. The number of aliphatic carboxylic acids is 1. The summed E-state index contributed by atoms with van der Waals surface area (Å²) < 4.78 is 0. The van der Waals surface area contributed by atoms with E-state index in [2.05, 4.69) is 11.9 Å². The highest BCUT2D eigenvalue weighted by Crippen LogP contribution is 2.20. The second-order valence-corrected chi connectivity index (χ2v) is 4.48. The van der Waals surface area contributed by atoms with Gasteiger partial charge in [-0.2, -0.15) is 0 Å². The highest BCUT2D eigenvalue weighted by Gasteiger charge is 2.25. The molecule has 15 heavy (non-hydrogen) atoms. The van der Waals surface area contributed by atoms with Gasteiger partial charge in [-0.3, -0.25) is 4.79 Å². The first kappa shape index (κ1) is 12.4. The Hall–Kier alpha value is -0.650. The molecule has 5 nitrogen and oxygen atoms in total. The molecule has 2 unspecified atom stereocenters. The van der Waals surface area contributed by atoms with Crippen molar-refractivity contribution in [2.45, 2.75) is 31.3 Å². The summed E-state index contributed by atoms with van der Waals surface area (Å²) in [5, 5.41) is 8.68. The van der Waals surface area contributed by atoms with Crippen molar-refractivity contribution in [3.8, 4) is 0 Å². The van der Waals surface area contributed by atoms with Crippen molar-refractivity contribution in [3.63, 3.8) is 0 Å². The predicted octanol–water partition coefficient (Wildman–Crippen LogP) is -0.542. The summed E-state index contributed by atoms with van der Waals surface area (Å²) in [7, 11) is 2.09. The van der Waals surface area contributed by atoms with Gasteiger partial charge in [0.25, 0.3) is 0 Å². The van der Waals surface area contributed by atoms with Crippen LogP contribution in [-0.2, 0) is 4.79 Å². The highest BCUT2D eigenvalue weighted by molar-refractivity contribution is 5.73. The van der Waals surface area contributed by atoms with Gasteiger partial charge in [0, 0.05) is 6.04 Å². The van der Waals surface area contributed by atoms with Gasteiger partial charge in [0.2, 0.25) is 0 Å². The molecule has 0 aliphatic carbocycles. The third-order valence-electron chi connectivity index (χ3n) is 3.21. The normalized spacial score (nSPS) is 23.7. The monoisotopic (exact) mass is 215 g/mol. The van der Waals surface area contributed by atoms with Crippen molar-refractivity contribution >= 4 is 5.97 Å². The lowest BCUT2D eigenvalue weighted by molar-refractivity contribution is -0.138. The highest BCUT2D eigenvalue weighted by atomic mass is 16.4. The van der Waals surface area contributed by atoms with Gasteiger partial charge >= 0.3 is 5.97 Å². The fraction of sp³-hybridized carbons (Fsp3) is 0.900. The molecule has 1 aliphatic heterocycles. The van der Waals surface area contributed by atoms with Gasteiger partial charge in [-0.1, -0.05) is 0 Å². The summed E-state index contributed by atoms with van der Waals surface area (Å²) in [4.78, 5) is 12.8. The number of hydrogen-bond acceptors (Lipinski definition) is 4. The predicted molar refractivity (Wildman–Crippen MR) is 58.4 cm³/mol. The molecule has 5 heteroatoms. The fourth-order valence-corrected chi connectivity index (χ4v) is 2.04. The molecule has 1 aliphatic rings. The van der Waals surface area contributed by atoms with Crippen LogP contribution < -0.4 is 11.5 Å². The number of rotatable bonds is 4. The molecule has 0 aromatic heterocycles. The molecule has 0 saturated carbocycles. The third-order valence-corrected chi connectivity index (χ3v) is 3.21. The van der Waals surface area contributed by atoms with E-state index in [9.17, 15) is 4.79 Å². The van der Waals surface area contributed by atoms with Crippen LogP contribution in [0, 0.1) is 5.92 Å². The molecular formula is C10H21N3O2. The van der Waals surface area contributed by atoms with Crippen LogP contribution in [0.3, 0.4) is 0 Å². The molecule has 1 heterocycles. The Labute approximate surface area is 90.4 Å². The summed E-state index contributed by atoms with van der Waals surface area (Å²) in [6.45, 7) is 2.08. The Kier molecular flexibility index (Phi) is 4.50. The molecule has 0 bridgehead atoms. The largest absolute Gasteiger partial charge is 0.480 e. The van der Waals surface area contributed by atoms with Crippen LogP contribution >= 0.6 is 0 Å². The van der Waals surface area contributed by atoms with Gasteiger partial charge in [0.05, 0.1) is 0 Å². The molecule has 1 rings (SSSR count). The van der Waals surface area contributed by atoms with E-state index in [-0.39, 0.29) is 6.04 Å². The maximum atomic E-state index is 10.6. The zero-order valence-corrected chi connectivity index (χ0v) is 9.22. The van der Waals surface area contributed by atoms with E-state index in [1.165, 1.54) is 0 Å². The molecule has 2 atom stereocenters. The molecule has 0 aromatic rings. The number of nitrogens with zero attached hydrogens (tertiary/aromatic N) is 1. The van der Waals surface area contributed by atoms with Crippen LogP contribution in [0.2, 0.25) is 0 Å². The van der Waals surface area contributed by atoms with Gasteiger partial charge in [-0.15, -0.1) is 0 Å². The fourth-order valence-electron chi connectivity index (χ4n) is 2.04. The number of carboxylic acid groups (broad SMARTS) is 1. The van der Waals surface area contributed by atoms with Gasteiger partial charge in [-0.05, 0) is 45.3 Å². The lowest BCUT2D eigenvalue weighted by atomic mass is 9.87. The average molecular weight is 215 g/mol. The zero-order chi connectivity index (χ0) is 11.4. The SMILES string of the molecule is CN1CCC(C(N)CC(N)C(=O)O)CC1. The summed E-state index contributed by atoms with van der Waals surface area (Å²) in [5.41, 5.74) is 11.4. The van der Waals surface area contributed by atoms with Crippen molar-refractivity contribution in [2.24, 2.45) is 17.4 Å². The third kappa shape index (κ3) is 3.77. The molecule has 88 valence electrons. The number of hydrogen-bond donors (Lipinski definition) is 3. The first-order valence-corrected chi connectivity index (χ1v) is 5.43. The minimum atomic E-state index is -0.960. The zero-order valence-electron chi connectivity index (χ0n) is 9.22. The van der Waals surface area contributed by atoms with Crippen molar-refractivity contribution in [1.29, 1.82) is 0 Å². The van der Waals surface area contributed by atoms with E-state index in [0.717, 1.165) is 25.9 Å². The van der Waals surface area contributed by atoms with Crippen LogP contribution in [0.4, 0.5) is 0 Å². The Morgan fingerprint density at radius 1 is 1.47 bits per heavy atom. The van der Waals surface area contributed by atoms with Crippen molar-refractivity contribution in [3.05, 3.63) is 0 Å². The van der Waals surface area contributed by atoms with Crippen LogP contribution in [-0.4, -0.2) is 48.2 Å². The lowest BCUT2D eigenvalue weighted by Gasteiger charge is -2.33. The molecule has 0 spiro atoms. The van der Waals surface area contributed by atoms with Crippen molar-refractivity contribution in [1.82, 2.24) is 4.90 Å². The van der Waals surface area contributed by atoms with Gasteiger partial charge < -0.3 is 21.5 Å². The summed E-state index contributed by atoms with van der Waals surface area (Å²) in [5.74, 6) is -0.537. The first-order valence-electron chi connectivity index (χ1n) is 5.43. The number of likely N-dealkylation sites (tertiary alicyclic amines) is 1. The van der Waals surface area contributed by atoms with Crippen LogP contribution in [0.5, 0.6) is 0 Å². The van der Waals surface area contributed by atoms with Gasteiger partial charge in [0.1, 0.15) is 6.04 Å². The minimum Gasteiger partial charge on any atom is -0.480 e. The molecular weight excluding hydrogens is 194 g/mol. The summed E-state index contributed by atoms with van der Waals surface area (Å²) in [6.07, 6.45) is 2.47. The number of carboxylic acids is 1. The molecule has 1 saturated heterocycles. The van der Waals surface area contributed by atoms with E-state index in [0.29, 0.717) is 12.3 Å². The Morgan fingerprint density at radius 3 is 2.47 bits per heavy atom. The van der Waals surface area contributed by atoms with Gasteiger partial charge in [-0.25, -0.2) is 0 Å². The van der Waals surface area contributed by atoms with E-state index >= 15 is 0 Å². The van der Waals surface area contributed by atoms with E-state index in [1.807, 2.05) is 0 Å². The smallest absolute Gasteiger partial charge is 0.320 e. The second kappa shape index (κ2) is 5.44. The summed E-state index contributed by atoms with van der Waals surface area (Å²) in [6, 6.07) is -0.899.